The second kappa shape index (κ2) is 8.01. The topological polar surface area (TPSA) is 33.5 Å². The molecule has 0 heterocycles. The van der Waals surface area contributed by atoms with E-state index in [1.165, 1.54) is 10.5 Å². The normalized spacial score (nSPS) is 13.4. The molecular weight excluding hydrogens is 292 g/mol. The van der Waals surface area contributed by atoms with Gasteiger partial charge in [-0.1, -0.05) is 42.5 Å². The van der Waals surface area contributed by atoms with Crippen molar-refractivity contribution in [1.82, 2.24) is 0 Å². The molecule has 0 fully saturated rings. The molecule has 0 aliphatic rings. The fraction of sp³-hybridized carbons (Fsp3) is 0.278. The molecule has 2 atom stereocenters. The van der Waals surface area contributed by atoms with Gasteiger partial charge in [-0.25, -0.2) is 0 Å². The van der Waals surface area contributed by atoms with E-state index in [1.54, 1.807) is 11.8 Å². The Bertz CT molecular complexity index is 615. The largest absolute Gasteiger partial charge is 0.324 e. The second-order valence-electron chi connectivity index (χ2n) is 5.42. The van der Waals surface area contributed by atoms with Gasteiger partial charge in [-0.3, -0.25) is 4.79 Å². The molecule has 116 valence electrons. The molecule has 0 aliphatic heterocycles. The number of anilines is 1. The number of carbonyl (C=O) groups excluding carboxylic acids is 1. The summed E-state index contributed by atoms with van der Waals surface area (Å²) in [5.74, 6) is 0.0509. The molecule has 22 heavy (non-hydrogen) atoms. The van der Waals surface area contributed by atoms with Crippen LogP contribution in [0.3, 0.4) is 0 Å². The third-order valence-corrected chi connectivity index (χ3v) is 4.62. The molecule has 2 rings (SSSR count). The molecule has 0 radical (unpaired) electrons. The summed E-state index contributed by atoms with van der Waals surface area (Å²) in [4.78, 5) is 14.7. The molecule has 0 aromatic heterocycles. The highest BCUT2D eigenvalue weighted by Crippen LogP contribution is 2.24. The van der Waals surface area contributed by atoms with Crippen molar-refractivity contribution in [3.63, 3.8) is 0 Å². The molecule has 0 saturated heterocycles. The highest BCUT2D eigenvalue weighted by Gasteiger charge is 2.22. The zero-order valence-corrected chi connectivity index (χ0v) is 14.1. The first-order chi connectivity index (χ1) is 10.6. The van der Waals surface area contributed by atoms with Crippen molar-refractivity contribution in [1.29, 1.82) is 0 Å². The third-order valence-electron chi connectivity index (χ3n) is 3.82. The van der Waals surface area contributed by atoms with Gasteiger partial charge in [0, 0.05) is 10.5 Å². The van der Waals surface area contributed by atoms with Crippen molar-refractivity contribution >= 4 is 23.4 Å². The monoisotopic (exact) mass is 315 g/mol. The van der Waals surface area contributed by atoms with E-state index in [4.69, 9.17) is 0 Å². The minimum Gasteiger partial charge on any atom is -0.324 e. The lowest BCUT2D eigenvalue weighted by atomic mass is 10.2. The fourth-order valence-corrected chi connectivity index (χ4v) is 2.84. The minimum atomic E-state index is -0.116. The molecule has 0 spiro atoms. The number of hydrogen-bond donors (Lipinski definition) is 2. The number of benzene rings is 2. The Morgan fingerprint density at radius 3 is 2.45 bits per heavy atom. The molecule has 0 aliphatic carbocycles. The van der Waals surface area contributed by atoms with Gasteiger partial charge in [0.2, 0.25) is 0 Å². The Hall–Kier alpha value is -1.78. The number of para-hydroxylation sites is 1. The lowest BCUT2D eigenvalue weighted by molar-refractivity contribution is -0.907. The summed E-state index contributed by atoms with van der Waals surface area (Å²) in [6.07, 6.45) is 2.02. The molecule has 4 heteroatoms. The lowest BCUT2D eigenvalue weighted by Crippen LogP contribution is -3.12. The van der Waals surface area contributed by atoms with Crippen molar-refractivity contribution in [2.75, 3.05) is 18.6 Å². The summed E-state index contributed by atoms with van der Waals surface area (Å²) in [6.45, 7) is 2.80. The van der Waals surface area contributed by atoms with Crippen LogP contribution < -0.4 is 10.2 Å². The van der Waals surface area contributed by atoms with E-state index in [9.17, 15) is 4.79 Å². The predicted molar refractivity (Wildman–Crippen MR) is 93.3 cm³/mol. The van der Waals surface area contributed by atoms with Gasteiger partial charge in [0.1, 0.15) is 6.54 Å². The highest BCUT2D eigenvalue weighted by atomic mass is 32.2. The molecule has 2 aromatic rings. The average Bonchev–Trinajstić information content (AvgIpc) is 2.55. The average molecular weight is 315 g/mol. The number of nitrogens with one attached hydrogen (secondary N) is 2. The summed E-state index contributed by atoms with van der Waals surface area (Å²) in [5, 5.41) is 3.05. The standard InChI is InChI=1S/C18H22N2OS/c1-14(20(2)13-15-9-5-4-6-10-15)18(21)19-16-11-7-8-12-17(16)22-3/h4-12,14H,13H2,1-3H3,(H,19,21)/p+1/t14-/m1/s1. The molecule has 1 unspecified atom stereocenters. The van der Waals surface area contributed by atoms with Crippen LogP contribution in [0.15, 0.2) is 59.5 Å². The lowest BCUT2D eigenvalue weighted by Gasteiger charge is -2.21. The summed E-state index contributed by atoms with van der Waals surface area (Å²) in [6, 6.07) is 18.0. The van der Waals surface area contributed by atoms with Crippen LogP contribution >= 0.6 is 11.8 Å². The van der Waals surface area contributed by atoms with Crippen molar-refractivity contribution in [3.8, 4) is 0 Å². The first-order valence-electron chi connectivity index (χ1n) is 7.42. The Balaban J connectivity index is 1.99. The summed E-state index contributed by atoms with van der Waals surface area (Å²) in [7, 11) is 2.05. The number of rotatable bonds is 6. The van der Waals surface area contributed by atoms with Crippen molar-refractivity contribution in [3.05, 3.63) is 60.2 Å². The van der Waals surface area contributed by atoms with E-state index in [-0.39, 0.29) is 11.9 Å². The van der Waals surface area contributed by atoms with Crippen LogP contribution in [-0.2, 0) is 11.3 Å². The quantitative estimate of drug-likeness (QED) is 0.803. The van der Waals surface area contributed by atoms with Crippen LogP contribution in [-0.4, -0.2) is 25.3 Å². The van der Waals surface area contributed by atoms with E-state index in [0.717, 1.165) is 17.1 Å². The molecule has 1 amide bonds. The smallest absolute Gasteiger partial charge is 0.282 e. The maximum atomic E-state index is 12.5. The molecule has 2 N–H and O–H groups in total. The number of quaternary nitrogens is 1. The predicted octanol–water partition coefficient (Wildman–Crippen LogP) is 2.45. The maximum absolute atomic E-state index is 12.5. The van der Waals surface area contributed by atoms with Crippen LogP contribution in [0, 0.1) is 0 Å². The van der Waals surface area contributed by atoms with Crippen LogP contribution in [0.5, 0.6) is 0 Å². The third kappa shape index (κ3) is 4.36. The number of amides is 1. The highest BCUT2D eigenvalue weighted by molar-refractivity contribution is 7.98. The van der Waals surface area contributed by atoms with Gasteiger partial charge in [-0.15, -0.1) is 11.8 Å². The number of carbonyl (C=O) groups is 1. The molecule has 2 aromatic carbocycles. The number of likely N-dealkylation sites (N-methyl/N-ethyl adjacent to an activating group) is 1. The van der Waals surface area contributed by atoms with E-state index >= 15 is 0 Å². The Morgan fingerprint density at radius 2 is 1.77 bits per heavy atom. The first kappa shape index (κ1) is 16.6. The van der Waals surface area contributed by atoms with Crippen LogP contribution in [0.4, 0.5) is 5.69 Å². The summed E-state index contributed by atoms with van der Waals surface area (Å²) in [5.41, 5.74) is 2.13. The van der Waals surface area contributed by atoms with Gasteiger partial charge < -0.3 is 10.2 Å². The molecule has 0 bridgehead atoms. The Kier molecular flexibility index (Phi) is 6.04. The minimum absolute atomic E-state index is 0.0509. The molecular formula is C18H23N2OS+. The summed E-state index contributed by atoms with van der Waals surface area (Å²) >= 11 is 1.64. The Labute approximate surface area is 136 Å². The zero-order chi connectivity index (χ0) is 15.9. The second-order valence-corrected chi connectivity index (χ2v) is 6.27. The zero-order valence-electron chi connectivity index (χ0n) is 13.3. The van der Waals surface area contributed by atoms with Crippen molar-refractivity contribution < 1.29 is 9.69 Å². The summed E-state index contributed by atoms with van der Waals surface area (Å²) < 4.78 is 0. The molecule has 0 saturated carbocycles. The van der Waals surface area contributed by atoms with Gasteiger partial charge in [0.05, 0.1) is 12.7 Å². The van der Waals surface area contributed by atoms with Crippen molar-refractivity contribution in [2.24, 2.45) is 0 Å². The van der Waals surface area contributed by atoms with Gasteiger partial charge in [0.15, 0.2) is 6.04 Å². The van der Waals surface area contributed by atoms with E-state index < -0.39 is 0 Å². The van der Waals surface area contributed by atoms with Crippen molar-refractivity contribution in [2.45, 2.75) is 24.4 Å². The number of thioether (sulfide) groups is 1. The fourth-order valence-electron chi connectivity index (χ4n) is 2.28. The first-order valence-corrected chi connectivity index (χ1v) is 8.64. The van der Waals surface area contributed by atoms with Crippen LogP contribution in [0.1, 0.15) is 12.5 Å². The van der Waals surface area contributed by atoms with E-state index in [1.807, 2.05) is 55.6 Å². The van der Waals surface area contributed by atoms with Crippen LogP contribution in [0.25, 0.3) is 0 Å². The maximum Gasteiger partial charge on any atom is 0.282 e. The van der Waals surface area contributed by atoms with E-state index in [2.05, 4.69) is 24.5 Å². The van der Waals surface area contributed by atoms with Gasteiger partial charge >= 0.3 is 0 Å². The van der Waals surface area contributed by atoms with Gasteiger partial charge in [-0.05, 0) is 25.3 Å². The van der Waals surface area contributed by atoms with Crippen LogP contribution in [0.2, 0.25) is 0 Å². The SMILES string of the molecule is CSc1ccccc1NC(=O)[C@@H](C)[NH+](C)Cc1ccccc1. The van der Waals surface area contributed by atoms with Gasteiger partial charge in [-0.2, -0.15) is 0 Å². The Morgan fingerprint density at radius 1 is 1.14 bits per heavy atom. The van der Waals surface area contributed by atoms with Gasteiger partial charge in [0.25, 0.3) is 5.91 Å². The number of hydrogen-bond acceptors (Lipinski definition) is 2. The van der Waals surface area contributed by atoms with E-state index in [0.29, 0.717) is 0 Å². The molecule has 3 nitrogen and oxygen atoms in total.